The van der Waals surface area contributed by atoms with Crippen molar-refractivity contribution in [2.75, 3.05) is 33.7 Å². The van der Waals surface area contributed by atoms with Gasteiger partial charge in [0.2, 0.25) is 0 Å². The Hall–Kier alpha value is -0.870. The predicted molar refractivity (Wildman–Crippen MR) is 72.4 cm³/mol. The molecule has 0 fully saturated rings. The molecule has 0 atom stereocenters. The molecule has 4 nitrogen and oxygen atoms in total. The van der Waals surface area contributed by atoms with Crippen LogP contribution in [0.2, 0.25) is 0 Å². The molecule has 1 rings (SSSR count). The topological polar surface area (TPSA) is 33.1 Å². The van der Waals surface area contributed by atoms with E-state index in [4.69, 9.17) is 0 Å². The van der Waals surface area contributed by atoms with Gasteiger partial charge in [0.05, 0.1) is 0 Å². The van der Waals surface area contributed by atoms with Crippen LogP contribution >= 0.6 is 0 Å². The summed E-state index contributed by atoms with van der Waals surface area (Å²) in [6.07, 6.45) is 5.16. The van der Waals surface area contributed by atoms with Gasteiger partial charge in [-0.05, 0) is 33.6 Å². The van der Waals surface area contributed by atoms with Crippen LogP contribution in [0.1, 0.15) is 32.0 Å². The molecule has 0 radical (unpaired) electrons. The molecule has 1 N–H and O–H groups in total. The van der Waals surface area contributed by atoms with Crippen molar-refractivity contribution in [3.63, 3.8) is 0 Å². The van der Waals surface area contributed by atoms with Gasteiger partial charge < -0.3 is 14.8 Å². The lowest BCUT2D eigenvalue weighted by Crippen LogP contribution is -2.24. The van der Waals surface area contributed by atoms with Crippen LogP contribution < -0.4 is 5.32 Å². The molecule has 98 valence electrons. The third kappa shape index (κ3) is 5.33. The van der Waals surface area contributed by atoms with Gasteiger partial charge in [0.1, 0.15) is 5.82 Å². The zero-order valence-corrected chi connectivity index (χ0v) is 11.6. The van der Waals surface area contributed by atoms with Crippen molar-refractivity contribution in [1.29, 1.82) is 0 Å². The molecule has 4 heteroatoms. The number of rotatable bonds is 8. The Morgan fingerprint density at radius 3 is 2.76 bits per heavy atom. The van der Waals surface area contributed by atoms with Crippen LogP contribution in [0, 0.1) is 0 Å². The summed E-state index contributed by atoms with van der Waals surface area (Å²) in [5, 5.41) is 3.47. The molecule has 0 unspecified atom stereocenters. The van der Waals surface area contributed by atoms with Crippen LogP contribution in [-0.2, 0) is 6.54 Å². The molecule has 0 saturated carbocycles. The second kappa shape index (κ2) is 7.45. The molecule has 0 bridgehead atoms. The monoisotopic (exact) mass is 238 g/mol. The number of imidazole rings is 1. The van der Waals surface area contributed by atoms with Crippen molar-refractivity contribution in [1.82, 2.24) is 19.8 Å². The van der Waals surface area contributed by atoms with Gasteiger partial charge >= 0.3 is 0 Å². The highest BCUT2D eigenvalue weighted by atomic mass is 15.1. The van der Waals surface area contributed by atoms with Crippen molar-refractivity contribution < 1.29 is 0 Å². The molecule has 0 aromatic carbocycles. The molecule has 0 spiro atoms. The Labute approximate surface area is 105 Å². The molecule has 0 aliphatic rings. The van der Waals surface area contributed by atoms with Crippen molar-refractivity contribution in [3.05, 3.63) is 18.2 Å². The van der Waals surface area contributed by atoms with Crippen LogP contribution in [0.5, 0.6) is 0 Å². The van der Waals surface area contributed by atoms with E-state index in [-0.39, 0.29) is 0 Å². The summed E-state index contributed by atoms with van der Waals surface area (Å²) in [5.74, 6) is 1.68. The molecule has 0 saturated heterocycles. The first kappa shape index (κ1) is 14.2. The number of hydrogen-bond acceptors (Lipinski definition) is 3. The summed E-state index contributed by atoms with van der Waals surface area (Å²) in [7, 11) is 4.22. The molecular weight excluding hydrogens is 212 g/mol. The van der Waals surface area contributed by atoms with Crippen LogP contribution in [0.15, 0.2) is 12.4 Å². The van der Waals surface area contributed by atoms with Gasteiger partial charge in [0, 0.05) is 31.4 Å². The lowest BCUT2D eigenvalue weighted by Gasteiger charge is -2.12. The summed E-state index contributed by atoms with van der Waals surface area (Å²) < 4.78 is 2.24. The predicted octanol–water partition coefficient (Wildman–Crippen LogP) is 1.55. The summed E-state index contributed by atoms with van der Waals surface area (Å²) in [5.41, 5.74) is 0. The Bertz CT molecular complexity index is 304. The van der Waals surface area contributed by atoms with E-state index in [0.29, 0.717) is 5.92 Å². The lowest BCUT2D eigenvalue weighted by atomic mass is 10.2. The van der Waals surface area contributed by atoms with E-state index in [1.165, 1.54) is 12.2 Å². The zero-order valence-electron chi connectivity index (χ0n) is 11.6. The summed E-state index contributed by atoms with van der Waals surface area (Å²) in [4.78, 5) is 6.60. The van der Waals surface area contributed by atoms with Crippen LogP contribution in [-0.4, -0.2) is 48.2 Å². The highest BCUT2D eigenvalue weighted by molar-refractivity contribution is 4.97. The average molecular weight is 238 g/mol. The summed E-state index contributed by atoms with van der Waals surface area (Å²) in [6, 6.07) is 0. The molecule has 17 heavy (non-hydrogen) atoms. The fourth-order valence-corrected chi connectivity index (χ4v) is 1.86. The number of nitrogens with zero attached hydrogens (tertiary/aromatic N) is 3. The van der Waals surface area contributed by atoms with Crippen molar-refractivity contribution >= 4 is 0 Å². The quantitative estimate of drug-likeness (QED) is 0.698. The maximum Gasteiger partial charge on any atom is 0.111 e. The molecule has 0 aliphatic carbocycles. The minimum Gasteiger partial charge on any atom is -0.333 e. The van der Waals surface area contributed by atoms with E-state index < -0.39 is 0 Å². The fourth-order valence-electron chi connectivity index (χ4n) is 1.86. The van der Waals surface area contributed by atoms with E-state index in [1.807, 2.05) is 6.20 Å². The van der Waals surface area contributed by atoms with Crippen molar-refractivity contribution in [2.45, 2.75) is 32.7 Å². The van der Waals surface area contributed by atoms with Gasteiger partial charge in [0.15, 0.2) is 0 Å². The minimum atomic E-state index is 0.499. The first-order valence-corrected chi connectivity index (χ1v) is 6.47. The maximum atomic E-state index is 4.38. The number of nitrogens with one attached hydrogen (secondary N) is 1. The zero-order chi connectivity index (χ0) is 12.7. The third-order valence-electron chi connectivity index (χ3n) is 2.75. The van der Waals surface area contributed by atoms with Gasteiger partial charge in [-0.2, -0.15) is 0 Å². The Morgan fingerprint density at radius 1 is 1.35 bits per heavy atom. The summed E-state index contributed by atoms with van der Waals surface area (Å²) in [6.45, 7) is 8.63. The SMILES string of the molecule is CC(C)c1nccn1CCNCCCN(C)C. The normalized spacial score (nSPS) is 11.6. The second-order valence-electron chi connectivity index (χ2n) is 5.04. The first-order valence-electron chi connectivity index (χ1n) is 6.47. The lowest BCUT2D eigenvalue weighted by molar-refractivity contribution is 0.393. The van der Waals surface area contributed by atoms with E-state index in [1.54, 1.807) is 0 Å². The first-order chi connectivity index (χ1) is 8.11. The molecule has 0 aliphatic heterocycles. The van der Waals surface area contributed by atoms with Gasteiger partial charge in [-0.1, -0.05) is 13.8 Å². The molecular formula is C13H26N4. The maximum absolute atomic E-state index is 4.38. The fraction of sp³-hybridized carbons (Fsp3) is 0.769. The molecule has 0 amide bonds. The van der Waals surface area contributed by atoms with Crippen molar-refractivity contribution in [3.8, 4) is 0 Å². The van der Waals surface area contributed by atoms with Crippen LogP contribution in [0.3, 0.4) is 0 Å². The third-order valence-corrected chi connectivity index (χ3v) is 2.75. The van der Waals surface area contributed by atoms with Gasteiger partial charge in [-0.25, -0.2) is 4.98 Å². The second-order valence-corrected chi connectivity index (χ2v) is 5.04. The van der Waals surface area contributed by atoms with Gasteiger partial charge in [-0.15, -0.1) is 0 Å². The van der Waals surface area contributed by atoms with Crippen molar-refractivity contribution in [2.24, 2.45) is 0 Å². The summed E-state index contributed by atoms with van der Waals surface area (Å²) >= 11 is 0. The van der Waals surface area contributed by atoms with E-state index in [2.05, 4.69) is 53.9 Å². The highest BCUT2D eigenvalue weighted by Gasteiger charge is 2.05. The van der Waals surface area contributed by atoms with Crippen LogP contribution in [0.4, 0.5) is 0 Å². The van der Waals surface area contributed by atoms with E-state index >= 15 is 0 Å². The molecule has 1 heterocycles. The highest BCUT2D eigenvalue weighted by Crippen LogP contribution is 2.10. The van der Waals surface area contributed by atoms with E-state index in [9.17, 15) is 0 Å². The van der Waals surface area contributed by atoms with Gasteiger partial charge in [-0.3, -0.25) is 0 Å². The Kier molecular flexibility index (Phi) is 6.22. The smallest absolute Gasteiger partial charge is 0.111 e. The molecule has 1 aromatic rings. The number of aromatic nitrogens is 2. The Morgan fingerprint density at radius 2 is 2.12 bits per heavy atom. The molecule has 1 aromatic heterocycles. The minimum absolute atomic E-state index is 0.499. The Balaban J connectivity index is 2.16. The van der Waals surface area contributed by atoms with Crippen LogP contribution in [0.25, 0.3) is 0 Å². The number of hydrogen-bond donors (Lipinski definition) is 1. The standard InChI is InChI=1S/C13H26N4/c1-12(2)13-15-8-11-17(13)10-7-14-6-5-9-16(3)4/h8,11-12,14H,5-7,9-10H2,1-4H3. The largest absolute Gasteiger partial charge is 0.333 e. The van der Waals surface area contributed by atoms with Gasteiger partial charge in [0.25, 0.3) is 0 Å². The van der Waals surface area contributed by atoms with E-state index in [0.717, 1.165) is 26.2 Å². The average Bonchev–Trinajstić information content (AvgIpc) is 2.71.